The van der Waals surface area contributed by atoms with Crippen LogP contribution in [0.3, 0.4) is 0 Å². The van der Waals surface area contributed by atoms with Crippen LogP contribution in [0.25, 0.3) is 0 Å². The van der Waals surface area contributed by atoms with E-state index in [0.717, 1.165) is 60.9 Å². The van der Waals surface area contributed by atoms with Crippen molar-refractivity contribution in [3.8, 4) is 0 Å². The summed E-state index contributed by atoms with van der Waals surface area (Å²) in [7, 11) is 0. The van der Waals surface area contributed by atoms with Crippen molar-refractivity contribution in [1.29, 1.82) is 0 Å². The average molecular weight is 328 g/mol. The Morgan fingerprint density at radius 1 is 1.17 bits per heavy atom. The van der Waals surface area contributed by atoms with E-state index >= 15 is 0 Å². The fourth-order valence-corrected chi connectivity index (χ4v) is 3.03. The molecular formula is C18H24N4O2. The highest BCUT2D eigenvalue weighted by molar-refractivity contribution is 5.94. The molecule has 24 heavy (non-hydrogen) atoms. The Morgan fingerprint density at radius 3 is 2.38 bits per heavy atom. The SMILES string of the molecule is Cc1noc(C)c1CN1CCN(C(=O)c2ccc(CN)cc2)CC1. The minimum absolute atomic E-state index is 0.0931. The smallest absolute Gasteiger partial charge is 0.253 e. The number of nitrogens with two attached hydrogens (primary N) is 1. The number of carbonyl (C=O) groups excluding carboxylic acids is 1. The zero-order valence-electron chi connectivity index (χ0n) is 14.3. The van der Waals surface area contributed by atoms with Gasteiger partial charge in [-0.3, -0.25) is 9.69 Å². The van der Waals surface area contributed by atoms with E-state index in [9.17, 15) is 4.79 Å². The maximum Gasteiger partial charge on any atom is 0.253 e. The molecule has 6 nitrogen and oxygen atoms in total. The standard InChI is InChI=1S/C18H24N4O2/c1-13-17(14(2)24-20-13)12-21-7-9-22(10-8-21)18(23)16-5-3-15(11-19)4-6-16/h3-6H,7-12,19H2,1-2H3. The molecule has 1 aliphatic heterocycles. The molecule has 0 aliphatic carbocycles. The molecule has 1 saturated heterocycles. The van der Waals surface area contributed by atoms with E-state index in [0.29, 0.717) is 6.54 Å². The van der Waals surface area contributed by atoms with Gasteiger partial charge in [0, 0.05) is 50.4 Å². The molecule has 0 atom stereocenters. The van der Waals surface area contributed by atoms with Crippen LogP contribution in [0.2, 0.25) is 0 Å². The molecular weight excluding hydrogens is 304 g/mol. The van der Waals surface area contributed by atoms with Crippen molar-refractivity contribution in [3.05, 3.63) is 52.4 Å². The second-order valence-electron chi connectivity index (χ2n) is 6.27. The molecule has 0 radical (unpaired) electrons. The Bertz CT molecular complexity index is 681. The molecule has 1 amide bonds. The van der Waals surface area contributed by atoms with Gasteiger partial charge in [-0.05, 0) is 31.5 Å². The molecule has 1 aromatic heterocycles. The molecule has 1 aliphatic rings. The Kier molecular flexibility index (Phi) is 4.97. The first-order valence-electron chi connectivity index (χ1n) is 8.31. The monoisotopic (exact) mass is 328 g/mol. The number of aryl methyl sites for hydroxylation is 2. The second-order valence-corrected chi connectivity index (χ2v) is 6.27. The van der Waals surface area contributed by atoms with Gasteiger partial charge in [-0.15, -0.1) is 0 Å². The summed E-state index contributed by atoms with van der Waals surface area (Å²) >= 11 is 0. The van der Waals surface area contributed by atoms with E-state index in [4.69, 9.17) is 10.3 Å². The van der Waals surface area contributed by atoms with Crippen LogP contribution < -0.4 is 5.73 Å². The average Bonchev–Trinajstić information content (AvgIpc) is 2.94. The molecule has 1 fully saturated rings. The zero-order valence-corrected chi connectivity index (χ0v) is 14.3. The number of rotatable bonds is 4. The largest absolute Gasteiger partial charge is 0.361 e. The van der Waals surface area contributed by atoms with Crippen LogP contribution >= 0.6 is 0 Å². The number of carbonyl (C=O) groups is 1. The molecule has 1 aromatic carbocycles. The zero-order chi connectivity index (χ0) is 17.1. The summed E-state index contributed by atoms with van der Waals surface area (Å²) in [5.41, 5.74) is 9.47. The highest BCUT2D eigenvalue weighted by Crippen LogP contribution is 2.17. The molecule has 2 aromatic rings. The molecule has 0 bridgehead atoms. The van der Waals surface area contributed by atoms with Gasteiger partial charge in [0.05, 0.1) is 5.69 Å². The lowest BCUT2D eigenvalue weighted by Crippen LogP contribution is -2.48. The highest BCUT2D eigenvalue weighted by atomic mass is 16.5. The highest BCUT2D eigenvalue weighted by Gasteiger charge is 2.23. The van der Waals surface area contributed by atoms with Crippen molar-refractivity contribution in [1.82, 2.24) is 15.0 Å². The minimum atomic E-state index is 0.0931. The van der Waals surface area contributed by atoms with Crippen LogP contribution in [0.15, 0.2) is 28.8 Å². The van der Waals surface area contributed by atoms with Gasteiger partial charge in [0.25, 0.3) is 5.91 Å². The first-order valence-corrected chi connectivity index (χ1v) is 8.31. The fraction of sp³-hybridized carbons (Fsp3) is 0.444. The van der Waals surface area contributed by atoms with Gasteiger partial charge in [-0.25, -0.2) is 0 Å². The lowest BCUT2D eigenvalue weighted by atomic mass is 10.1. The molecule has 0 unspecified atom stereocenters. The quantitative estimate of drug-likeness (QED) is 0.925. The van der Waals surface area contributed by atoms with Crippen molar-refractivity contribution in [2.24, 2.45) is 5.73 Å². The first kappa shape index (κ1) is 16.7. The van der Waals surface area contributed by atoms with Gasteiger partial charge in [-0.2, -0.15) is 0 Å². The number of hydrogen-bond acceptors (Lipinski definition) is 5. The summed E-state index contributed by atoms with van der Waals surface area (Å²) in [4.78, 5) is 16.8. The van der Waals surface area contributed by atoms with E-state index in [1.165, 1.54) is 0 Å². The summed E-state index contributed by atoms with van der Waals surface area (Å²) in [6.45, 7) is 8.43. The van der Waals surface area contributed by atoms with Crippen molar-refractivity contribution in [3.63, 3.8) is 0 Å². The minimum Gasteiger partial charge on any atom is -0.361 e. The van der Waals surface area contributed by atoms with Gasteiger partial charge in [0.1, 0.15) is 5.76 Å². The maximum atomic E-state index is 12.6. The topological polar surface area (TPSA) is 75.6 Å². The van der Waals surface area contributed by atoms with Gasteiger partial charge in [-0.1, -0.05) is 17.3 Å². The summed E-state index contributed by atoms with van der Waals surface area (Å²) in [6, 6.07) is 7.56. The molecule has 2 N–H and O–H groups in total. The van der Waals surface area contributed by atoms with Gasteiger partial charge < -0.3 is 15.2 Å². The summed E-state index contributed by atoms with van der Waals surface area (Å²) in [5, 5.41) is 4.00. The number of benzene rings is 1. The third kappa shape index (κ3) is 3.49. The molecule has 3 rings (SSSR count). The van der Waals surface area contributed by atoms with Crippen molar-refractivity contribution < 1.29 is 9.32 Å². The lowest BCUT2D eigenvalue weighted by Gasteiger charge is -2.34. The summed E-state index contributed by atoms with van der Waals surface area (Å²) < 4.78 is 5.22. The molecule has 0 spiro atoms. The molecule has 0 saturated carbocycles. The third-order valence-electron chi connectivity index (χ3n) is 4.66. The van der Waals surface area contributed by atoms with Crippen LogP contribution in [-0.4, -0.2) is 47.0 Å². The summed E-state index contributed by atoms with van der Waals surface area (Å²) in [5.74, 6) is 0.974. The van der Waals surface area contributed by atoms with Gasteiger partial charge >= 0.3 is 0 Å². The van der Waals surface area contributed by atoms with Crippen LogP contribution in [-0.2, 0) is 13.1 Å². The molecule has 128 valence electrons. The Morgan fingerprint density at radius 2 is 1.83 bits per heavy atom. The van der Waals surface area contributed by atoms with E-state index in [-0.39, 0.29) is 5.91 Å². The lowest BCUT2D eigenvalue weighted by molar-refractivity contribution is 0.0627. The maximum absolute atomic E-state index is 12.6. The summed E-state index contributed by atoms with van der Waals surface area (Å²) in [6.07, 6.45) is 0. The Hall–Kier alpha value is -2.18. The van der Waals surface area contributed by atoms with Gasteiger partial charge in [0.2, 0.25) is 0 Å². The molecule has 2 heterocycles. The third-order valence-corrected chi connectivity index (χ3v) is 4.66. The van der Waals surface area contributed by atoms with Gasteiger partial charge in [0.15, 0.2) is 0 Å². The Balaban J connectivity index is 1.57. The normalized spacial score (nSPS) is 15.7. The predicted molar refractivity (Wildman–Crippen MR) is 91.5 cm³/mol. The number of aromatic nitrogens is 1. The number of hydrogen-bond donors (Lipinski definition) is 1. The number of nitrogens with zero attached hydrogens (tertiary/aromatic N) is 3. The van der Waals surface area contributed by atoms with Crippen LogP contribution in [0.1, 0.15) is 32.9 Å². The van der Waals surface area contributed by atoms with Crippen molar-refractivity contribution in [2.45, 2.75) is 26.9 Å². The number of amides is 1. The van der Waals surface area contributed by atoms with Crippen molar-refractivity contribution in [2.75, 3.05) is 26.2 Å². The van der Waals surface area contributed by atoms with E-state index in [2.05, 4.69) is 10.1 Å². The van der Waals surface area contributed by atoms with Crippen LogP contribution in [0, 0.1) is 13.8 Å². The molecule has 6 heteroatoms. The first-order chi connectivity index (χ1) is 11.6. The number of piperazine rings is 1. The Labute approximate surface area is 142 Å². The van der Waals surface area contributed by atoms with E-state index < -0.39 is 0 Å². The predicted octanol–water partition coefficient (Wildman–Crippen LogP) is 1.71. The fourth-order valence-electron chi connectivity index (χ4n) is 3.03. The van der Waals surface area contributed by atoms with Crippen LogP contribution in [0.4, 0.5) is 0 Å². The van der Waals surface area contributed by atoms with E-state index in [1.807, 2.05) is 43.0 Å². The van der Waals surface area contributed by atoms with E-state index in [1.54, 1.807) is 0 Å². The second kappa shape index (κ2) is 7.15. The van der Waals surface area contributed by atoms with Crippen molar-refractivity contribution >= 4 is 5.91 Å². The van der Waals surface area contributed by atoms with Crippen LogP contribution in [0.5, 0.6) is 0 Å².